The van der Waals surface area contributed by atoms with Crippen molar-refractivity contribution < 1.29 is 4.42 Å². The zero-order valence-electron chi connectivity index (χ0n) is 11.5. The van der Waals surface area contributed by atoms with E-state index < -0.39 is 0 Å². The number of hydrogen-bond acceptors (Lipinski definition) is 2. The normalized spacial score (nSPS) is 12.0. The smallest absolute Gasteiger partial charge is 0.144 e. The number of thiophene rings is 1. The highest BCUT2D eigenvalue weighted by molar-refractivity contribution is 7.26. The van der Waals surface area contributed by atoms with Gasteiger partial charge in [-0.1, -0.05) is 36.4 Å². The van der Waals surface area contributed by atoms with E-state index in [4.69, 9.17) is 4.42 Å². The Morgan fingerprint density at radius 3 is 2.52 bits per heavy atom. The van der Waals surface area contributed by atoms with Gasteiger partial charge in [0.2, 0.25) is 0 Å². The zero-order chi connectivity index (χ0) is 14.0. The molecule has 0 fully saturated rings. The molecule has 0 aliphatic carbocycles. The first-order chi connectivity index (χ1) is 10.3. The van der Waals surface area contributed by atoms with E-state index in [2.05, 4.69) is 49.4 Å². The minimum Gasteiger partial charge on any atom is -0.455 e. The van der Waals surface area contributed by atoms with Crippen LogP contribution in [-0.4, -0.2) is 0 Å². The maximum atomic E-state index is 6.19. The molecule has 100 valence electrons. The molecule has 0 saturated heterocycles. The number of hydrogen-bond donors (Lipinski definition) is 0. The number of furan rings is 1. The predicted molar refractivity (Wildman–Crippen MR) is 91.3 cm³/mol. The van der Waals surface area contributed by atoms with Crippen molar-refractivity contribution in [1.29, 1.82) is 0 Å². The maximum Gasteiger partial charge on any atom is 0.144 e. The molecule has 0 N–H and O–H groups in total. The summed E-state index contributed by atoms with van der Waals surface area (Å²) >= 11 is 1.85. The molecule has 5 aromatic rings. The van der Waals surface area contributed by atoms with Gasteiger partial charge in [-0.2, -0.15) is 0 Å². The molecular formula is C19H12OS. The highest BCUT2D eigenvalue weighted by Gasteiger charge is 2.16. The Kier molecular flexibility index (Phi) is 2.09. The predicted octanol–water partition coefficient (Wildman–Crippen LogP) is 6.26. The van der Waals surface area contributed by atoms with Crippen molar-refractivity contribution in [3.8, 4) is 0 Å². The fourth-order valence-electron chi connectivity index (χ4n) is 3.23. The van der Waals surface area contributed by atoms with Gasteiger partial charge in [0.25, 0.3) is 0 Å². The summed E-state index contributed by atoms with van der Waals surface area (Å²) in [4.78, 5) is 0. The molecule has 0 amide bonds. The first-order valence-corrected chi connectivity index (χ1v) is 7.87. The van der Waals surface area contributed by atoms with Crippen molar-refractivity contribution in [1.82, 2.24) is 0 Å². The van der Waals surface area contributed by atoms with E-state index in [9.17, 15) is 0 Å². The average molecular weight is 288 g/mol. The van der Waals surface area contributed by atoms with Gasteiger partial charge in [0.1, 0.15) is 11.2 Å². The van der Waals surface area contributed by atoms with Crippen LogP contribution in [0.1, 0.15) is 5.56 Å². The molecule has 0 radical (unpaired) electrons. The molecule has 21 heavy (non-hydrogen) atoms. The lowest BCUT2D eigenvalue weighted by atomic mass is 10.0. The van der Waals surface area contributed by atoms with Gasteiger partial charge < -0.3 is 4.42 Å². The summed E-state index contributed by atoms with van der Waals surface area (Å²) in [6, 6.07) is 19.1. The quantitative estimate of drug-likeness (QED) is 0.327. The number of aryl methyl sites for hydroxylation is 1. The third-order valence-corrected chi connectivity index (χ3v) is 5.48. The Labute approximate surface area is 125 Å². The second-order valence-electron chi connectivity index (χ2n) is 5.47. The van der Waals surface area contributed by atoms with E-state index in [1.165, 1.54) is 36.5 Å². The molecule has 0 saturated carbocycles. The molecular weight excluding hydrogens is 276 g/mol. The van der Waals surface area contributed by atoms with E-state index in [1.54, 1.807) is 0 Å². The SMILES string of the molecule is Cc1cc2c3ccccc3oc2c2c1sc1ccccc12. The van der Waals surface area contributed by atoms with E-state index in [0.717, 1.165) is 11.2 Å². The fraction of sp³-hybridized carbons (Fsp3) is 0.0526. The van der Waals surface area contributed by atoms with Gasteiger partial charge in [-0.15, -0.1) is 11.3 Å². The summed E-state index contributed by atoms with van der Waals surface area (Å²) in [7, 11) is 0. The molecule has 0 aliphatic rings. The molecule has 3 aromatic carbocycles. The minimum atomic E-state index is 0.967. The van der Waals surface area contributed by atoms with Gasteiger partial charge in [-0.05, 0) is 30.7 Å². The first kappa shape index (κ1) is 11.4. The third-order valence-electron chi connectivity index (χ3n) is 4.18. The van der Waals surface area contributed by atoms with E-state index >= 15 is 0 Å². The van der Waals surface area contributed by atoms with Crippen LogP contribution >= 0.6 is 11.3 Å². The molecule has 1 nitrogen and oxygen atoms in total. The van der Waals surface area contributed by atoms with Gasteiger partial charge in [-0.3, -0.25) is 0 Å². The largest absolute Gasteiger partial charge is 0.455 e. The first-order valence-electron chi connectivity index (χ1n) is 7.05. The summed E-state index contributed by atoms with van der Waals surface area (Å²) in [6.07, 6.45) is 0. The minimum absolute atomic E-state index is 0.967. The molecule has 0 unspecified atom stereocenters. The van der Waals surface area contributed by atoms with Crippen molar-refractivity contribution >= 4 is 53.4 Å². The Morgan fingerprint density at radius 1 is 0.857 bits per heavy atom. The van der Waals surface area contributed by atoms with E-state index in [-0.39, 0.29) is 0 Å². The zero-order valence-corrected chi connectivity index (χ0v) is 12.3. The van der Waals surface area contributed by atoms with Crippen LogP contribution in [0.3, 0.4) is 0 Å². The van der Waals surface area contributed by atoms with Crippen LogP contribution in [-0.2, 0) is 0 Å². The molecule has 0 bridgehead atoms. The van der Waals surface area contributed by atoms with Gasteiger partial charge >= 0.3 is 0 Å². The Hall–Kier alpha value is -2.32. The fourth-order valence-corrected chi connectivity index (χ4v) is 4.40. The van der Waals surface area contributed by atoms with Crippen LogP contribution in [0.5, 0.6) is 0 Å². The monoisotopic (exact) mass is 288 g/mol. The molecule has 2 heteroatoms. The Bertz CT molecular complexity index is 1140. The second kappa shape index (κ2) is 3.86. The van der Waals surface area contributed by atoms with Crippen LogP contribution in [0.4, 0.5) is 0 Å². The molecule has 0 atom stereocenters. The Morgan fingerprint density at radius 2 is 1.62 bits per heavy atom. The van der Waals surface area contributed by atoms with Crippen molar-refractivity contribution in [3.63, 3.8) is 0 Å². The van der Waals surface area contributed by atoms with Crippen molar-refractivity contribution in [2.45, 2.75) is 6.92 Å². The highest BCUT2D eigenvalue weighted by Crippen LogP contribution is 2.43. The number of benzene rings is 3. The highest BCUT2D eigenvalue weighted by atomic mass is 32.1. The lowest BCUT2D eigenvalue weighted by Crippen LogP contribution is -1.74. The van der Waals surface area contributed by atoms with Gasteiger partial charge in [0.15, 0.2) is 0 Å². The number of rotatable bonds is 0. The lowest BCUT2D eigenvalue weighted by molar-refractivity contribution is 0.673. The van der Waals surface area contributed by atoms with Crippen LogP contribution in [0.15, 0.2) is 59.0 Å². The summed E-state index contributed by atoms with van der Waals surface area (Å²) in [5, 5.41) is 4.99. The standard InChI is InChI=1S/C19H12OS/c1-11-10-14-12-6-2-4-8-15(12)20-18(14)17-13-7-3-5-9-16(13)21-19(11)17/h2-10H,1H3. The van der Waals surface area contributed by atoms with Crippen molar-refractivity contribution in [2.75, 3.05) is 0 Å². The van der Waals surface area contributed by atoms with Gasteiger partial charge in [0.05, 0.1) is 0 Å². The van der Waals surface area contributed by atoms with E-state index in [1.807, 2.05) is 23.5 Å². The van der Waals surface area contributed by atoms with E-state index in [0.29, 0.717) is 0 Å². The molecule has 5 rings (SSSR count). The molecule has 2 aromatic heterocycles. The van der Waals surface area contributed by atoms with Crippen LogP contribution in [0.25, 0.3) is 42.1 Å². The number of fused-ring (bicyclic) bond motifs is 7. The van der Waals surface area contributed by atoms with Gasteiger partial charge in [0, 0.05) is 30.9 Å². The Balaban J connectivity index is 2.17. The second-order valence-corrected chi connectivity index (χ2v) is 6.52. The third kappa shape index (κ3) is 1.40. The van der Waals surface area contributed by atoms with Crippen molar-refractivity contribution in [2.24, 2.45) is 0 Å². The van der Waals surface area contributed by atoms with Crippen LogP contribution in [0.2, 0.25) is 0 Å². The van der Waals surface area contributed by atoms with Crippen LogP contribution < -0.4 is 0 Å². The van der Waals surface area contributed by atoms with Gasteiger partial charge in [-0.25, -0.2) is 0 Å². The molecule has 0 spiro atoms. The van der Waals surface area contributed by atoms with Crippen molar-refractivity contribution in [3.05, 3.63) is 60.2 Å². The van der Waals surface area contributed by atoms with Crippen LogP contribution in [0, 0.1) is 6.92 Å². The summed E-state index contributed by atoms with van der Waals surface area (Å²) in [6.45, 7) is 2.19. The summed E-state index contributed by atoms with van der Waals surface area (Å²) < 4.78 is 8.85. The topological polar surface area (TPSA) is 13.1 Å². The molecule has 0 aliphatic heterocycles. The maximum absolute atomic E-state index is 6.19. The average Bonchev–Trinajstić information content (AvgIpc) is 3.06. The number of para-hydroxylation sites is 1. The summed E-state index contributed by atoms with van der Waals surface area (Å²) in [5.74, 6) is 0. The summed E-state index contributed by atoms with van der Waals surface area (Å²) in [5.41, 5.74) is 3.31. The molecule has 2 heterocycles. The lowest BCUT2D eigenvalue weighted by Gasteiger charge is -1.98.